The van der Waals surface area contributed by atoms with Crippen LogP contribution < -0.4 is 10.1 Å². The fourth-order valence-corrected chi connectivity index (χ4v) is 3.78. The maximum atomic E-state index is 10.1. The van der Waals surface area contributed by atoms with Crippen LogP contribution >= 0.6 is 0 Å². The second-order valence-corrected chi connectivity index (χ2v) is 7.80. The first-order valence-electron chi connectivity index (χ1n) is 9.94. The molecule has 0 bridgehead atoms. The van der Waals surface area contributed by atoms with E-state index in [0.29, 0.717) is 18.3 Å². The lowest BCUT2D eigenvalue weighted by Gasteiger charge is -2.36. The molecule has 1 unspecified atom stereocenters. The molecule has 1 fully saturated rings. The van der Waals surface area contributed by atoms with Gasteiger partial charge in [0.2, 0.25) is 0 Å². The molecule has 2 N–H and O–H groups in total. The lowest BCUT2D eigenvalue weighted by atomic mass is 9.98. The molecule has 1 saturated heterocycles. The molecule has 0 radical (unpaired) electrons. The van der Waals surface area contributed by atoms with Crippen LogP contribution in [0, 0.1) is 13.8 Å². The predicted molar refractivity (Wildman–Crippen MR) is 111 cm³/mol. The molecule has 1 heterocycles. The zero-order valence-corrected chi connectivity index (χ0v) is 17.0. The van der Waals surface area contributed by atoms with E-state index in [1.807, 2.05) is 19.1 Å². The maximum Gasteiger partial charge on any atom is 0.123 e. The molecule has 1 atom stereocenters. The van der Waals surface area contributed by atoms with Crippen LogP contribution in [0.2, 0.25) is 0 Å². The Labute approximate surface area is 163 Å². The third-order valence-electron chi connectivity index (χ3n) is 5.49. The van der Waals surface area contributed by atoms with E-state index in [0.717, 1.165) is 43.1 Å². The number of nitrogens with one attached hydrogen (secondary N) is 1. The Morgan fingerprint density at radius 1 is 1.04 bits per heavy atom. The van der Waals surface area contributed by atoms with Crippen LogP contribution in [-0.2, 0) is 0 Å². The first kappa shape index (κ1) is 19.7. The van der Waals surface area contributed by atoms with E-state index in [1.165, 1.54) is 11.1 Å². The molecule has 0 spiro atoms. The van der Waals surface area contributed by atoms with Gasteiger partial charge in [-0.05, 0) is 48.6 Å². The topological polar surface area (TPSA) is 44.7 Å². The van der Waals surface area contributed by atoms with E-state index in [2.05, 4.69) is 55.3 Å². The van der Waals surface area contributed by atoms with Gasteiger partial charge in [0.25, 0.3) is 0 Å². The summed E-state index contributed by atoms with van der Waals surface area (Å²) in [5, 5.41) is 13.5. The average Bonchev–Trinajstić information content (AvgIpc) is 2.66. The number of nitrogens with zero attached hydrogens (tertiary/aromatic N) is 1. The van der Waals surface area contributed by atoms with Gasteiger partial charge in [-0.2, -0.15) is 0 Å². The summed E-state index contributed by atoms with van der Waals surface area (Å²) in [6.07, 6.45) is 0. The smallest absolute Gasteiger partial charge is 0.123 e. The van der Waals surface area contributed by atoms with Crippen molar-refractivity contribution in [3.05, 3.63) is 58.7 Å². The monoisotopic (exact) mass is 368 g/mol. The quantitative estimate of drug-likeness (QED) is 0.804. The van der Waals surface area contributed by atoms with E-state index in [4.69, 9.17) is 4.74 Å². The highest BCUT2D eigenvalue weighted by molar-refractivity contribution is 5.46. The van der Waals surface area contributed by atoms with E-state index in [1.54, 1.807) is 0 Å². The Morgan fingerprint density at radius 3 is 2.41 bits per heavy atom. The van der Waals surface area contributed by atoms with Crippen molar-refractivity contribution in [2.45, 2.75) is 39.7 Å². The second kappa shape index (κ2) is 8.77. The van der Waals surface area contributed by atoms with Crippen molar-refractivity contribution in [1.29, 1.82) is 0 Å². The van der Waals surface area contributed by atoms with Crippen LogP contribution in [0.1, 0.15) is 48.1 Å². The van der Waals surface area contributed by atoms with Crippen LogP contribution in [0.15, 0.2) is 36.4 Å². The summed E-state index contributed by atoms with van der Waals surface area (Å²) in [5.41, 5.74) is 4.54. The van der Waals surface area contributed by atoms with Crippen molar-refractivity contribution < 1.29 is 9.84 Å². The molecule has 4 nitrogen and oxygen atoms in total. The maximum absolute atomic E-state index is 10.1. The van der Waals surface area contributed by atoms with Gasteiger partial charge in [0.1, 0.15) is 18.1 Å². The largest absolute Gasteiger partial charge is 0.508 e. The Bertz CT molecular complexity index is 767. The summed E-state index contributed by atoms with van der Waals surface area (Å²) in [4.78, 5) is 2.52. The molecule has 0 saturated carbocycles. The van der Waals surface area contributed by atoms with Gasteiger partial charge in [-0.1, -0.05) is 38.1 Å². The zero-order valence-electron chi connectivity index (χ0n) is 17.0. The predicted octanol–water partition coefficient (Wildman–Crippen LogP) is 4.16. The van der Waals surface area contributed by atoms with E-state index >= 15 is 0 Å². The van der Waals surface area contributed by atoms with Crippen molar-refractivity contribution in [3.8, 4) is 11.5 Å². The number of ether oxygens (including phenoxy) is 1. The first-order valence-corrected chi connectivity index (χ1v) is 9.94. The van der Waals surface area contributed by atoms with Gasteiger partial charge in [0.05, 0.1) is 6.04 Å². The van der Waals surface area contributed by atoms with Crippen LogP contribution in [0.4, 0.5) is 0 Å². The lowest BCUT2D eigenvalue weighted by Crippen LogP contribution is -2.46. The van der Waals surface area contributed by atoms with Crippen LogP contribution in [0.3, 0.4) is 0 Å². The summed E-state index contributed by atoms with van der Waals surface area (Å²) in [5.74, 6) is 1.51. The van der Waals surface area contributed by atoms with Gasteiger partial charge in [0.15, 0.2) is 0 Å². The van der Waals surface area contributed by atoms with Crippen molar-refractivity contribution in [2.75, 3.05) is 32.8 Å². The molecular weight excluding hydrogens is 336 g/mol. The highest BCUT2D eigenvalue weighted by Gasteiger charge is 2.25. The van der Waals surface area contributed by atoms with Gasteiger partial charge in [-0.25, -0.2) is 0 Å². The highest BCUT2D eigenvalue weighted by Crippen LogP contribution is 2.34. The normalized spacial score (nSPS) is 16.5. The summed E-state index contributed by atoms with van der Waals surface area (Å²) in [6, 6.07) is 12.6. The summed E-state index contributed by atoms with van der Waals surface area (Å²) in [7, 11) is 0. The average molecular weight is 369 g/mol. The Balaban J connectivity index is 1.87. The third-order valence-corrected chi connectivity index (χ3v) is 5.49. The number of rotatable bonds is 6. The number of hydrogen-bond acceptors (Lipinski definition) is 4. The molecule has 0 amide bonds. The van der Waals surface area contributed by atoms with E-state index < -0.39 is 0 Å². The molecule has 4 heteroatoms. The minimum atomic E-state index is 0.224. The molecule has 0 aliphatic carbocycles. The molecule has 27 heavy (non-hydrogen) atoms. The number of benzene rings is 2. The fourth-order valence-electron chi connectivity index (χ4n) is 3.78. The molecule has 146 valence electrons. The summed E-state index contributed by atoms with van der Waals surface area (Å²) >= 11 is 0. The highest BCUT2D eigenvalue weighted by atomic mass is 16.5. The summed E-state index contributed by atoms with van der Waals surface area (Å²) < 4.78 is 6.39. The van der Waals surface area contributed by atoms with E-state index in [9.17, 15) is 5.11 Å². The van der Waals surface area contributed by atoms with Gasteiger partial charge >= 0.3 is 0 Å². The first-order chi connectivity index (χ1) is 13.0. The Kier molecular flexibility index (Phi) is 6.40. The molecule has 1 aliphatic heterocycles. The number of phenols is 1. The number of phenolic OH excluding ortho intramolecular Hbond substituents is 1. The lowest BCUT2D eigenvalue weighted by molar-refractivity contribution is 0.120. The van der Waals surface area contributed by atoms with Crippen molar-refractivity contribution >= 4 is 0 Å². The molecule has 3 rings (SSSR count). The molecule has 2 aromatic carbocycles. The number of aromatic hydroxyl groups is 1. The third kappa shape index (κ3) is 4.63. The van der Waals surface area contributed by atoms with Gasteiger partial charge < -0.3 is 15.2 Å². The molecule has 0 aromatic heterocycles. The fraction of sp³-hybridized carbons (Fsp3) is 0.478. The van der Waals surface area contributed by atoms with Crippen molar-refractivity contribution in [3.63, 3.8) is 0 Å². The second-order valence-electron chi connectivity index (χ2n) is 7.80. The molecule has 2 aromatic rings. The van der Waals surface area contributed by atoms with Gasteiger partial charge in [-0.15, -0.1) is 0 Å². The minimum absolute atomic E-state index is 0.224. The van der Waals surface area contributed by atoms with Crippen LogP contribution in [0.5, 0.6) is 11.5 Å². The minimum Gasteiger partial charge on any atom is -0.508 e. The van der Waals surface area contributed by atoms with Gasteiger partial charge in [0, 0.05) is 31.7 Å². The van der Waals surface area contributed by atoms with Crippen LogP contribution in [-0.4, -0.2) is 42.8 Å². The van der Waals surface area contributed by atoms with E-state index in [-0.39, 0.29) is 6.04 Å². The Hall–Kier alpha value is -2.04. The van der Waals surface area contributed by atoms with Gasteiger partial charge in [-0.3, -0.25) is 4.90 Å². The summed E-state index contributed by atoms with van der Waals surface area (Å²) in [6.45, 7) is 13.0. The Morgan fingerprint density at radius 2 is 1.74 bits per heavy atom. The standard InChI is InChI=1S/C23H32N2O2/c1-16(2)20-14-22(26)18(4)13-23(20)27-15-21(25-11-9-24-10-12-25)19-8-6-5-7-17(19)3/h5-8,13-14,16,21,24,26H,9-12,15H2,1-4H3. The number of hydrogen-bond donors (Lipinski definition) is 2. The molecular formula is C23H32N2O2. The van der Waals surface area contributed by atoms with Crippen molar-refractivity contribution in [2.24, 2.45) is 0 Å². The van der Waals surface area contributed by atoms with Crippen LogP contribution in [0.25, 0.3) is 0 Å². The number of aryl methyl sites for hydroxylation is 2. The SMILES string of the molecule is Cc1cc(OCC(c2ccccc2C)N2CCNCC2)c(C(C)C)cc1O. The molecule has 1 aliphatic rings. The van der Waals surface area contributed by atoms with Crippen molar-refractivity contribution in [1.82, 2.24) is 10.2 Å². The number of piperazine rings is 1. The zero-order chi connectivity index (χ0) is 19.4.